The molecule has 7 heteroatoms. The van der Waals surface area contributed by atoms with E-state index in [-0.39, 0.29) is 6.61 Å². The van der Waals surface area contributed by atoms with Crippen LogP contribution in [0.15, 0.2) is 24.3 Å². The molecule has 0 saturated heterocycles. The Morgan fingerprint density at radius 3 is 2.75 bits per heavy atom. The zero-order valence-corrected chi connectivity index (χ0v) is 10.6. The van der Waals surface area contributed by atoms with Crippen LogP contribution < -0.4 is 0 Å². The Bertz CT molecular complexity index is 490. The topological polar surface area (TPSA) is 49.8 Å². The van der Waals surface area contributed by atoms with Crippen LogP contribution in [0.3, 0.4) is 0 Å². The lowest BCUT2D eigenvalue weighted by molar-refractivity contribution is -0.161. The number of rotatable bonds is 4. The first-order valence-electron chi connectivity index (χ1n) is 6.05. The molecular formula is C13H14F3NO3. The van der Waals surface area contributed by atoms with E-state index in [0.29, 0.717) is 12.2 Å². The number of alkyl halides is 3. The van der Waals surface area contributed by atoms with Gasteiger partial charge in [-0.3, -0.25) is 9.69 Å². The van der Waals surface area contributed by atoms with E-state index in [0.717, 1.165) is 10.5 Å². The van der Waals surface area contributed by atoms with Crippen LogP contribution in [0, 0.1) is 0 Å². The zero-order valence-electron chi connectivity index (χ0n) is 10.6. The lowest BCUT2D eigenvalue weighted by atomic mass is 9.97. The first kappa shape index (κ1) is 14.8. The van der Waals surface area contributed by atoms with E-state index in [2.05, 4.69) is 0 Å². The smallest absolute Gasteiger partial charge is 0.401 e. The van der Waals surface area contributed by atoms with Crippen LogP contribution in [0.4, 0.5) is 13.2 Å². The van der Waals surface area contributed by atoms with Gasteiger partial charge in [0.1, 0.15) is 0 Å². The molecule has 0 aliphatic carbocycles. The van der Waals surface area contributed by atoms with Crippen LogP contribution in [0.1, 0.15) is 17.2 Å². The Morgan fingerprint density at radius 1 is 1.40 bits per heavy atom. The third-order valence-electron chi connectivity index (χ3n) is 3.11. The quantitative estimate of drug-likeness (QED) is 0.923. The highest BCUT2D eigenvalue weighted by Gasteiger charge is 2.37. The van der Waals surface area contributed by atoms with Gasteiger partial charge in [-0.05, 0) is 11.1 Å². The first-order chi connectivity index (χ1) is 9.37. The molecule has 0 amide bonds. The molecule has 0 fully saturated rings. The van der Waals surface area contributed by atoms with Crippen molar-refractivity contribution in [2.24, 2.45) is 0 Å². The van der Waals surface area contributed by atoms with Crippen LogP contribution in [0.5, 0.6) is 0 Å². The number of fused-ring (bicyclic) bond motifs is 1. The van der Waals surface area contributed by atoms with Crippen LogP contribution >= 0.6 is 0 Å². The van der Waals surface area contributed by atoms with Crippen molar-refractivity contribution in [1.82, 2.24) is 4.90 Å². The van der Waals surface area contributed by atoms with Crippen molar-refractivity contribution in [3.8, 4) is 0 Å². The molecule has 2 rings (SSSR count). The van der Waals surface area contributed by atoms with Crippen LogP contribution in [0.25, 0.3) is 0 Å². The molecule has 1 aromatic rings. The van der Waals surface area contributed by atoms with Crippen molar-refractivity contribution in [1.29, 1.82) is 0 Å². The maximum atomic E-state index is 12.6. The summed E-state index contributed by atoms with van der Waals surface area (Å²) in [4.78, 5) is 11.7. The summed E-state index contributed by atoms with van der Waals surface area (Å²) in [7, 11) is 0. The van der Waals surface area contributed by atoms with E-state index < -0.39 is 31.3 Å². The van der Waals surface area contributed by atoms with Gasteiger partial charge in [0, 0.05) is 0 Å². The van der Waals surface area contributed by atoms with E-state index in [1.807, 2.05) is 0 Å². The fourth-order valence-electron chi connectivity index (χ4n) is 2.34. The molecule has 0 radical (unpaired) electrons. The molecule has 20 heavy (non-hydrogen) atoms. The highest BCUT2D eigenvalue weighted by molar-refractivity contribution is 5.69. The van der Waals surface area contributed by atoms with Gasteiger partial charge in [-0.15, -0.1) is 0 Å². The van der Waals surface area contributed by atoms with E-state index in [9.17, 15) is 18.0 Å². The average Bonchev–Trinajstić information content (AvgIpc) is 2.35. The van der Waals surface area contributed by atoms with Crippen LogP contribution in [-0.4, -0.2) is 41.8 Å². The number of carbonyl (C=O) groups is 1. The lowest BCUT2D eigenvalue weighted by Crippen LogP contribution is -2.43. The predicted octanol–water partition coefficient (Wildman–Crippen LogP) is 2.21. The van der Waals surface area contributed by atoms with Gasteiger partial charge in [-0.2, -0.15) is 13.2 Å². The third-order valence-corrected chi connectivity index (χ3v) is 3.11. The van der Waals surface area contributed by atoms with Crippen LogP contribution in [-0.2, 0) is 16.1 Å². The molecule has 1 unspecified atom stereocenters. The first-order valence-corrected chi connectivity index (χ1v) is 6.05. The standard InChI is InChI=1S/C13H14F3NO3/c14-13(15,16)8-17(5-12(18)19)11-7-20-6-9-3-1-2-4-10(9)11/h1-4,11H,5-8H2,(H,18,19). The van der Waals surface area contributed by atoms with Gasteiger partial charge < -0.3 is 9.84 Å². The number of ether oxygens (including phenoxy) is 1. The molecule has 1 aliphatic heterocycles. The number of halogens is 3. The number of carboxylic acid groups (broad SMARTS) is 1. The molecule has 0 spiro atoms. The summed E-state index contributed by atoms with van der Waals surface area (Å²) in [6.45, 7) is -1.57. The molecule has 4 nitrogen and oxygen atoms in total. The number of nitrogens with zero attached hydrogens (tertiary/aromatic N) is 1. The van der Waals surface area contributed by atoms with Crippen molar-refractivity contribution in [3.05, 3.63) is 35.4 Å². The summed E-state index contributed by atoms with van der Waals surface area (Å²) in [6.07, 6.45) is -4.46. The highest BCUT2D eigenvalue weighted by Crippen LogP contribution is 2.31. The number of aliphatic carboxylic acids is 1. The number of hydrogen-bond acceptors (Lipinski definition) is 3. The number of benzene rings is 1. The van der Waals surface area contributed by atoms with Crippen molar-refractivity contribution in [2.45, 2.75) is 18.8 Å². The molecule has 1 aliphatic rings. The fraction of sp³-hybridized carbons (Fsp3) is 0.462. The second kappa shape index (κ2) is 5.80. The summed E-state index contributed by atoms with van der Waals surface area (Å²) < 4.78 is 43.1. The van der Waals surface area contributed by atoms with E-state index in [4.69, 9.17) is 9.84 Å². The maximum absolute atomic E-state index is 12.6. The Hall–Kier alpha value is -1.60. The largest absolute Gasteiger partial charge is 0.480 e. The normalized spacial score (nSPS) is 18.9. The second-order valence-corrected chi connectivity index (χ2v) is 4.64. The molecule has 110 valence electrons. The predicted molar refractivity (Wildman–Crippen MR) is 64.1 cm³/mol. The molecule has 0 bridgehead atoms. The minimum Gasteiger partial charge on any atom is -0.480 e. The molecule has 1 N–H and O–H groups in total. The molecule has 1 atom stereocenters. The Morgan fingerprint density at radius 2 is 2.10 bits per heavy atom. The van der Waals surface area contributed by atoms with Crippen molar-refractivity contribution >= 4 is 5.97 Å². The molecule has 0 aromatic heterocycles. The van der Waals surface area contributed by atoms with Gasteiger partial charge in [-0.1, -0.05) is 24.3 Å². The van der Waals surface area contributed by atoms with E-state index in [1.54, 1.807) is 24.3 Å². The van der Waals surface area contributed by atoms with Crippen LogP contribution in [0.2, 0.25) is 0 Å². The Balaban J connectivity index is 2.27. The minimum atomic E-state index is -4.46. The van der Waals surface area contributed by atoms with Crippen molar-refractivity contribution in [3.63, 3.8) is 0 Å². The second-order valence-electron chi connectivity index (χ2n) is 4.64. The Kier molecular flexibility index (Phi) is 4.29. The molecule has 1 heterocycles. The number of carboxylic acids is 1. The van der Waals surface area contributed by atoms with Crippen molar-refractivity contribution in [2.75, 3.05) is 19.7 Å². The summed E-state index contributed by atoms with van der Waals surface area (Å²) in [5, 5.41) is 8.81. The lowest BCUT2D eigenvalue weighted by Gasteiger charge is -2.35. The average molecular weight is 289 g/mol. The third kappa shape index (κ3) is 3.71. The zero-order chi connectivity index (χ0) is 14.8. The minimum absolute atomic E-state index is 0.0559. The highest BCUT2D eigenvalue weighted by atomic mass is 19.4. The van der Waals surface area contributed by atoms with Crippen molar-refractivity contribution < 1.29 is 27.8 Å². The fourth-order valence-corrected chi connectivity index (χ4v) is 2.34. The molecule has 1 aromatic carbocycles. The molecule has 0 saturated carbocycles. The number of hydrogen-bond donors (Lipinski definition) is 1. The van der Waals surface area contributed by atoms with Gasteiger partial charge in [0.25, 0.3) is 0 Å². The summed E-state index contributed by atoms with van der Waals surface area (Å²) >= 11 is 0. The summed E-state index contributed by atoms with van der Waals surface area (Å²) in [5.74, 6) is -1.29. The summed E-state index contributed by atoms with van der Waals surface area (Å²) in [6, 6.07) is 6.29. The SMILES string of the molecule is O=C(O)CN(CC(F)(F)F)C1COCc2ccccc21. The van der Waals surface area contributed by atoms with Gasteiger partial charge in [0.2, 0.25) is 0 Å². The van der Waals surface area contributed by atoms with E-state index >= 15 is 0 Å². The van der Waals surface area contributed by atoms with Gasteiger partial charge in [0.15, 0.2) is 0 Å². The molecular weight excluding hydrogens is 275 g/mol. The van der Waals surface area contributed by atoms with Gasteiger partial charge >= 0.3 is 12.1 Å². The van der Waals surface area contributed by atoms with E-state index in [1.165, 1.54) is 0 Å². The van der Waals surface area contributed by atoms with Gasteiger partial charge in [0.05, 0.1) is 32.3 Å². The Labute approximate surface area is 113 Å². The monoisotopic (exact) mass is 289 g/mol. The maximum Gasteiger partial charge on any atom is 0.401 e. The summed E-state index contributed by atoms with van der Waals surface area (Å²) in [5.41, 5.74) is 1.49. The van der Waals surface area contributed by atoms with Gasteiger partial charge in [-0.25, -0.2) is 0 Å².